The Morgan fingerprint density at radius 2 is 1.93 bits per heavy atom. The molecule has 0 spiro atoms. The first-order chi connectivity index (χ1) is 14.0. The van der Waals surface area contributed by atoms with Crippen molar-refractivity contribution in [1.82, 2.24) is 10.3 Å². The standard InChI is InChI=1S/C22H22N2O4S/c1-2-28-16-7-8-18-17(9-16)24-19(29-18)13-23-21(27)22(12-20(25)26)10-14-5-3-4-6-15(14)11-22/h3-9H,2,10-13H2,1H3,(H,23,27)(H,25,26). The summed E-state index contributed by atoms with van der Waals surface area (Å²) in [5.74, 6) is -0.424. The van der Waals surface area contributed by atoms with Crippen molar-refractivity contribution < 1.29 is 19.4 Å². The second-order valence-electron chi connectivity index (χ2n) is 7.33. The van der Waals surface area contributed by atoms with Crippen LogP contribution in [0.4, 0.5) is 0 Å². The number of ether oxygens (including phenoxy) is 1. The van der Waals surface area contributed by atoms with Crippen molar-refractivity contribution >= 4 is 33.4 Å². The molecule has 0 radical (unpaired) electrons. The van der Waals surface area contributed by atoms with E-state index in [0.717, 1.165) is 32.1 Å². The highest BCUT2D eigenvalue weighted by atomic mass is 32.1. The number of thiazole rings is 1. The van der Waals surface area contributed by atoms with Crippen LogP contribution in [0.2, 0.25) is 0 Å². The van der Waals surface area contributed by atoms with E-state index < -0.39 is 11.4 Å². The topological polar surface area (TPSA) is 88.5 Å². The minimum Gasteiger partial charge on any atom is -0.494 e. The fraction of sp³-hybridized carbons (Fsp3) is 0.318. The third-order valence-electron chi connectivity index (χ3n) is 5.26. The summed E-state index contributed by atoms with van der Waals surface area (Å²) in [6.45, 7) is 2.80. The van der Waals surface area contributed by atoms with Gasteiger partial charge in [0.05, 0.1) is 35.2 Å². The number of carbonyl (C=O) groups is 2. The summed E-state index contributed by atoms with van der Waals surface area (Å²) in [5.41, 5.74) is 1.98. The van der Waals surface area contributed by atoms with Crippen LogP contribution in [0.25, 0.3) is 10.2 Å². The van der Waals surface area contributed by atoms with Crippen LogP contribution in [-0.4, -0.2) is 28.6 Å². The molecule has 29 heavy (non-hydrogen) atoms. The maximum absolute atomic E-state index is 13.1. The number of nitrogens with one attached hydrogen (secondary N) is 1. The van der Waals surface area contributed by atoms with E-state index in [0.29, 0.717) is 19.4 Å². The van der Waals surface area contributed by atoms with Crippen molar-refractivity contribution in [3.8, 4) is 5.75 Å². The van der Waals surface area contributed by atoms with Crippen LogP contribution in [0.15, 0.2) is 42.5 Å². The van der Waals surface area contributed by atoms with Crippen LogP contribution in [0.5, 0.6) is 5.75 Å². The van der Waals surface area contributed by atoms with Crippen LogP contribution in [0.3, 0.4) is 0 Å². The molecule has 6 nitrogen and oxygen atoms in total. The van der Waals surface area contributed by atoms with E-state index in [2.05, 4.69) is 10.3 Å². The monoisotopic (exact) mass is 410 g/mol. The zero-order valence-corrected chi connectivity index (χ0v) is 16.9. The fourth-order valence-corrected chi connectivity index (χ4v) is 4.87. The molecule has 3 aromatic rings. The van der Waals surface area contributed by atoms with E-state index in [9.17, 15) is 14.7 Å². The summed E-state index contributed by atoms with van der Waals surface area (Å²) >= 11 is 1.51. The van der Waals surface area contributed by atoms with Gasteiger partial charge in [0.1, 0.15) is 10.8 Å². The Bertz CT molecular complexity index is 1050. The zero-order chi connectivity index (χ0) is 20.4. The van der Waals surface area contributed by atoms with Gasteiger partial charge in [0.2, 0.25) is 5.91 Å². The number of carboxylic acids is 1. The summed E-state index contributed by atoms with van der Waals surface area (Å²) in [5, 5.41) is 13.1. The third kappa shape index (κ3) is 3.96. The summed E-state index contributed by atoms with van der Waals surface area (Å²) in [6.07, 6.45) is 0.697. The molecule has 1 aliphatic rings. The molecule has 1 amide bonds. The lowest BCUT2D eigenvalue weighted by atomic mass is 9.80. The number of carbonyl (C=O) groups excluding carboxylic acids is 1. The molecule has 0 saturated carbocycles. The van der Waals surface area contributed by atoms with E-state index in [-0.39, 0.29) is 18.9 Å². The second kappa shape index (κ2) is 7.83. The maximum Gasteiger partial charge on any atom is 0.304 e. The predicted octanol–water partition coefficient (Wildman–Crippen LogP) is 3.57. The first kappa shape index (κ1) is 19.4. The molecule has 0 unspecified atom stereocenters. The summed E-state index contributed by atoms with van der Waals surface area (Å²) in [7, 11) is 0. The van der Waals surface area contributed by atoms with Crippen LogP contribution in [0.1, 0.15) is 29.5 Å². The van der Waals surface area contributed by atoms with Crippen molar-refractivity contribution in [2.75, 3.05) is 6.61 Å². The molecule has 7 heteroatoms. The number of rotatable bonds is 7. The molecule has 2 aromatic carbocycles. The Hall–Kier alpha value is -2.93. The Kier molecular flexibility index (Phi) is 5.24. The van der Waals surface area contributed by atoms with Crippen LogP contribution in [0, 0.1) is 5.41 Å². The highest BCUT2D eigenvalue weighted by molar-refractivity contribution is 7.18. The molecule has 150 valence electrons. The molecule has 0 aliphatic heterocycles. The minimum absolute atomic E-state index is 0.189. The molecule has 0 bridgehead atoms. The number of carboxylic acid groups (broad SMARTS) is 1. The van der Waals surface area contributed by atoms with Crippen molar-refractivity contribution in [2.24, 2.45) is 5.41 Å². The minimum atomic E-state index is -0.962. The molecular weight excluding hydrogens is 388 g/mol. The molecule has 2 N–H and O–H groups in total. The van der Waals surface area contributed by atoms with Gasteiger partial charge in [-0.1, -0.05) is 24.3 Å². The van der Waals surface area contributed by atoms with Crippen molar-refractivity contribution in [3.05, 3.63) is 58.6 Å². The quantitative estimate of drug-likeness (QED) is 0.622. The summed E-state index contributed by atoms with van der Waals surface area (Å²) < 4.78 is 6.53. The van der Waals surface area contributed by atoms with Gasteiger partial charge < -0.3 is 15.2 Å². The molecule has 4 rings (SSSR count). The lowest BCUT2D eigenvalue weighted by Crippen LogP contribution is -2.43. The molecule has 1 aromatic heterocycles. The van der Waals surface area contributed by atoms with E-state index >= 15 is 0 Å². The number of aromatic nitrogens is 1. The van der Waals surface area contributed by atoms with Gasteiger partial charge in [-0.25, -0.2) is 4.98 Å². The van der Waals surface area contributed by atoms with E-state index in [4.69, 9.17) is 4.74 Å². The normalized spacial score (nSPS) is 14.5. The van der Waals surface area contributed by atoms with Gasteiger partial charge in [0.25, 0.3) is 0 Å². The molecule has 1 aliphatic carbocycles. The average Bonchev–Trinajstić information content (AvgIpc) is 3.26. The number of amides is 1. The first-order valence-electron chi connectivity index (χ1n) is 9.58. The molecule has 0 fully saturated rings. The van der Waals surface area contributed by atoms with Gasteiger partial charge >= 0.3 is 5.97 Å². The Morgan fingerprint density at radius 3 is 2.59 bits per heavy atom. The van der Waals surface area contributed by atoms with E-state index in [1.807, 2.05) is 49.4 Å². The largest absolute Gasteiger partial charge is 0.494 e. The van der Waals surface area contributed by atoms with Crippen LogP contribution >= 0.6 is 11.3 Å². The number of benzene rings is 2. The van der Waals surface area contributed by atoms with Gasteiger partial charge in [0.15, 0.2) is 0 Å². The first-order valence-corrected chi connectivity index (χ1v) is 10.4. The molecule has 0 atom stereocenters. The number of fused-ring (bicyclic) bond motifs is 2. The highest BCUT2D eigenvalue weighted by Gasteiger charge is 2.45. The van der Waals surface area contributed by atoms with Gasteiger partial charge in [0, 0.05) is 6.07 Å². The van der Waals surface area contributed by atoms with Crippen LogP contribution < -0.4 is 10.1 Å². The summed E-state index contributed by atoms with van der Waals surface area (Å²) in [6, 6.07) is 13.5. The van der Waals surface area contributed by atoms with E-state index in [1.54, 1.807) is 0 Å². The third-order valence-corrected chi connectivity index (χ3v) is 6.30. The maximum atomic E-state index is 13.1. The summed E-state index contributed by atoms with van der Waals surface area (Å²) in [4.78, 5) is 29.2. The molecular formula is C22H22N2O4S. The Labute approximate surface area is 172 Å². The smallest absolute Gasteiger partial charge is 0.304 e. The molecule has 0 saturated heterocycles. The Balaban J connectivity index is 1.50. The zero-order valence-electron chi connectivity index (χ0n) is 16.1. The fourth-order valence-electron chi connectivity index (χ4n) is 3.98. The number of hydrogen-bond donors (Lipinski definition) is 2. The van der Waals surface area contributed by atoms with Crippen molar-refractivity contribution in [3.63, 3.8) is 0 Å². The second-order valence-corrected chi connectivity index (χ2v) is 8.44. The van der Waals surface area contributed by atoms with Gasteiger partial charge in [-0.05, 0) is 43.0 Å². The van der Waals surface area contributed by atoms with Gasteiger partial charge in [-0.15, -0.1) is 11.3 Å². The number of nitrogens with zero attached hydrogens (tertiary/aromatic N) is 1. The van der Waals surface area contributed by atoms with Gasteiger partial charge in [-0.3, -0.25) is 9.59 Å². The highest BCUT2D eigenvalue weighted by Crippen LogP contribution is 2.40. The lowest BCUT2D eigenvalue weighted by molar-refractivity contribution is -0.145. The van der Waals surface area contributed by atoms with Gasteiger partial charge in [-0.2, -0.15) is 0 Å². The van der Waals surface area contributed by atoms with Crippen LogP contribution in [-0.2, 0) is 29.0 Å². The molecule has 1 heterocycles. The van der Waals surface area contributed by atoms with E-state index in [1.165, 1.54) is 11.3 Å². The SMILES string of the molecule is CCOc1ccc2sc(CNC(=O)C3(CC(=O)O)Cc4ccccc4C3)nc2c1. The number of hydrogen-bond acceptors (Lipinski definition) is 5. The van der Waals surface area contributed by atoms with Crippen molar-refractivity contribution in [1.29, 1.82) is 0 Å². The average molecular weight is 410 g/mol. The predicted molar refractivity (Wildman–Crippen MR) is 111 cm³/mol. The number of aliphatic carboxylic acids is 1. The lowest BCUT2D eigenvalue weighted by Gasteiger charge is -2.25. The van der Waals surface area contributed by atoms with Crippen molar-refractivity contribution in [2.45, 2.75) is 32.7 Å². The Morgan fingerprint density at radius 1 is 1.21 bits per heavy atom.